The Morgan fingerprint density at radius 2 is 2.25 bits per heavy atom. The predicted molar refractivity (Wildman–Crippen MR) is 56.3 cm³/mol. The molecule has 0 bridgehead atoms. The molecule has 0 radical (unpaired) electrons. The molecular weight excluding hydrogens is 216 g/mol. The lowest BCUT2D eigenvalue weighted by Crippen LogP contribution is -2.31. The van der Waals surface area contributed by atoms with E-state index in [1.165, 1.54) is 0 Å². The summed E-state index contributed by atoms with van der Waals surface area (Å²) in [5.41, 5.74) is 1.92. The fraction of sp³-hybridized carbons (Fsp3) is 0.700. The summed E-state index contributed by atoms with van der Waals surface area (Å²) in [7, 11) is 1.82. The Labute approximate surface area is 93.3 Å². The zero-order chi connectivity index (χ0) is 12.1. The lowest BCUT2D eigenvalue weighted by Gasteiger charge is -2.10. The molecule has 4 nitrogen and oxygen atoms in total. The molecule has 0 aromatic carbocycles. The van der Waals surface area contributed by atoms with Gasteiger partial charge in [-0.05, 0) is 6.42 Å². The largest absolute Gasteiger partial charge is 0.386 e. The number of rotatable bonds is 6. The molecule has 0 spiro atoms. The first-order valence-corrected chi connectivity index (χ1v) is 5.23. The summed E-state index contributed by atoms with van der Waals surface area (Å²) >= 11 is 0. The summed E-state index contributed by atoms with van der Waals surface area (Å²) in [6.07, 6.45) is -1.66. The highest BCUT2D eigenvalue weighted by molar-refractivity contribution is 5.16. The number of aliphatic hydroxyl groups is 1. The maximum absolute atomic E-state index is 12.0. The molecule has 1 unspecified atom stereocenters. The van der Waals surface area contributed by atoms with Gasteiger partial charge in [-0.25, -0.2) is 8.78 Å². The number of halogens is 2. The van der Waals surface area contributed by atoms with Crippen molar-refractivity contribution in [2.45, 2.75) is 32.4 Å². The molecule has 0 aliphatic rings. The van der Waals surface area contributed by atoms with Gasteiger partial charge < -0.3 is 10.4 Å². The number of aliphatic hydroxyl groups excluding tert-OH is 1. The summed E-state index contributed by atoms with van der Waals surface area (Å²) in [4.78, 5) is 0. The van der Waals surface area contributed by atoms with Crippen molar-refractivity contribution < 1.29 is 13.9 Å². The molecular formula is C10H17F2N3O. The number of aromatic nitrogens is 2. The number of hydrogen-bond donors (Lipinski definition) is 2. The quantitative estimate of drug-likeness (QED) is 0.760. The Hall–Kier alpha value is -1.01. The molecule has 1 heterocycles. The topological polar surface area (TPSA) is 50.1 Å². The monoisotopic (exact) mass is 233 g/mol. The van der Waals surface area contributed by atoms with Crippen molar-refractivity contribution in [2.75, 3.05) is 6.54 Å². The third-order valence-corrected chi connectivity index (χ3v) is 2.29. The van der Waals surface area contributed by atoms with Crippen molar-refractivity contribution >= 4 is 0 Å². The van der Waals surface area contributed by atoms with Gasteiger partial charge in [-0.1, -0.05) is 6.92 Å². The normalized spacial score (nSPS) is 13.4. The van der Waals surface area contributed by atoms with Gasteiger partial charge in [0, 0.05) is 31.9 Å². The molecule has 6 heteroatoms. The van der Waals surface area contributed by atoms with Gasteiger partial charge in [0.25, 0.3) is 6.43 Å². The van der Waals surface area contributed by atoms with Gasteiger partial charge in [-0.15, -0.1) is 0 Å². The van der Waals surface area contributed by atoms with E-state index < -0.39 is 12.5 Å². The molecule has 1 aromatic rings. The maximum Gasteiger partial charge on any atom is 0.265 e. The SMILES string of the molecule is CCc1nn(C)cc1CNCC(O)C(F)F. The van der Waals surface area contributed by atoms with Crippen molar-refractivity contribution in [1.82, 2.24) is 15.1 Å². The maximum atomic E-state index is 12.0. The molecule has 0 fully saturated rings. The van der Waals surface area contributed by atoms with Crippen LogP contribution in [0.2, 0.25) is 0 Å². The number of nitrogens with zero attached hydrogens (tertiary/aromatic N) is 2. The van der Waals surface area contributed by atoms with Crippen molar-refractivity contribution in [3.05, 3.63) is 17.5 Å². The molecule has 0 amide bonds. The highest BCUT2D eigenvalue weighted by Gasteiger charge is 2.16. The van der Waals surface area contributed by atoms with Gasteiger partial charge in [-0.3, -0.25) is 4.68 Å². The van der Waals surface area contributed by atoms with Crippen LogP contribution in [0, 0.1) is 0 Å². The van der Waals surface area contributed by atoms with Crippen LogP contribution in [0.1, 0.15) is 18.2 Å². The molecule has 0 saturated heterocycles. The lowest BCUT2D eigenvalue weighted by molar-refractivity contribution is -0.00341. The molecule has 0 aliphatic carbocycles. The third kappa shape index (κ3) is 3.53. The number of alkyl halides is 2. The van der Waals surface area contributed by atoms with E-state index in [-0.39, 0.29) is 6.54 Å². The van der Waals surface area contributed by atoms with Crippen LogP contribution in [0.5, 0.6) is 0 Å². The second-order valence-corrected chi connectivity index (χ2v) is 3.66. The summed E-state index contributed by atoms with van der Waals surface area (Å²) in [5, 5.41) is 15.9. The molecule has 0 aliphatic heterocycles. The van der Waals surface area contributed by atoms with Gasteiger partial charge in [0.05, 0.1) is 5.69 Å². The van der Waals surface area contributed by atoms with E-state index in [4.69, 9.17) is 5.11 Å². The summed E-state index contributed by atoms with van der Waals surface area (Å²) < 4.78 is 25.7. The van der Waals surface area contributed by atoms with E-state index >= 15 is 0 Å². The number of nitrogens with one attached hydrogen (secondary N) is 1. The molecule has 1 atom stereocenters. The smallest absolute Gasteiger partial charge is 0.265 e. The Kier molecular flexibility index (Phi) is 4.82. The second-order valence-electron chi connectivity index (χ2n) is 3.66. The molecule has 1 aromatic heterocycles. The molecule has 16 heavy (non-hydrogen) atoms. The van der Waals surface area contributed by atoms with Crippen molar-refractivity contribution in [2.24, 2.45) is 7.05 Å². The summed E-state index contributed by atoms with van der Waals surface area (Å²) in [6, 6.07) is 0. The summed E-state index contributed by atoms with van der Waals surface area (Å²) in [6.45, 7) is 2.32. The fourth-order valence-corrected chi connectivity index (χ4v) is 1.47. The Balaban J connectivity index is 2.42. The zero-order valence-electron chi connectivity index (χ0n) is 9.45. The van der Waals surface area contributed by atoms with Crippen LogP contribution in [-0.2, 0) is 20.0 Å². The van der Waals surface area contributed by atoms with Crippen LogP contribution in [0.25, 0.3) is 0 Å². The van der Waals surface area contributed by atoms with Crippen molar-refractivity contribution in [3.63, 3.8) is 0 Å². The minimum atomic E-state index is -2.70. The Morgan fingerprint density at radius 1 is 1.56 bits per heavy atom. The average Bonchev–Trinajstić information content (AvgIpc) is 2.58. The van der Waals surface area contributed by atoms with E-state index in [1.54, 1.807) is 4.68 Å². The highest BCUT2D eigenvalue weighted by Crippen LogP contribution is 2.07. The predicted octanol–water partition coefficient (Wildman–Crippen LogP) is 0.698. The van der Waals surface area contributed by atoms with E-state index in [0.717, 1.165) is 17.7 Å². The van der Waals surface area contributed by atoms with Gasteiger partial charge in [0.2, 0.25) is 0 Å². The first kappa shape index (κ1) is 13.1. The first-order chi connectivity index (χ1) is 7.54. The fourth-order valence-electron chi connectivity index (χ4n) is 1.47. The van der Waals surface area contributed by atoms with Gasteiger partial charge in [0.1, 0.15) is 6.10 Å². The molecule has 92 valence electrons. The van der Waals surface area contributed by atoms with Crippen LogP contribution < -0.4 is 5.32 Å². The third-order valence-electron chi connectivity index (χ3n) is 2.29. The lowest BCUT2D eigenvalue weighted by atomic mass is 10.2. The van der Waals surface area contributed by atoms with Crippen molar-refractivity contribution in [1.29, 1.82) is 0 Å². The van der Waals surface area contributed by atoms with E-state index in [9.17, 15) is 8.78 Å². The second kappa shape index (κ2) is 5.91. The van der Waals surface area contributed by atoms with Crippen LogP contribution in [-0.4, -0.2) is 34.0 Å². The Morgan fingerprint density at radius 3 is 2.81 bits per heavy atom. The molecule has 2 N–H and O–H groups in total. The van der Waals surface area contributed by atoms with Crippen LogP contribution in [0.4, 0.5) is 8.78 Å². The van der Waals surface area contributed by atoms with E-state index in [2.05, 4.69) is 10.4 Å². The van der Waals surface area contributed by atoms with Gasteiger partial charge in [0.15, 0.2) is 0 Å². The Bertz CT molecular complexity index is 328. The minimum Gasteiger partial charge on any atom is -0.386 e. The van der Waals surface area contributed by atoms with Crippen LogP contribution >= 0.6 is 0 Å². The van der Waals surface area contributed by atoms with Gasteiger partial charge in [-0.2, -0.15) is 5.10 Å². The standard InChI is InChI=1S/C10H17F2N3O/c1-3-8-7(6-15(2)14-8)4-13-5-9(16)10(11)12/h6,9-10,13,16H,3-5H2,1-2H3. The number of aryl methyl sites for hydroxylation is 2. The molecule has 1 rings (SSSR count). The van der Waals surface area contributed by atoms with E-state index in [0.29, 0.717) is 6.54 Å². The van der Waals surface area contributed by atoms with Gasteiger partial charge >= 0.3 is 0 Å². The summed E-state index contributed by atoms with van der Waals surface area (Å²) in [5.74, 6) is 0. The zero-order valence-corrected chi connectivity index (χ0v) is 9.45. The first-order valence-electron chi connectivity index (χ1n) is 5.23. The highest BCUT2D eigenvalue weighted by atomic mass is 19.3. The van der Waals surface area contributed by atoms with Crippen molar-refractivity contribution in [3.8, 4) is 0 Å². The van der Waals surface area contributed by atoms with Crippen LogP contribution in [0.3, 0.4) is 0 Å². The minimum absolute atomic E-state index is 0.115. The average molecular weight is 233 g/mol. The van der Waals surface area contributed by atoms with E-state index in [1.807, 2.05) is 20.2 Å². The number of hydrogen-bond acceptors (Lipinski definition) is 3. The van der Waals surface area contributed by atoms with Crippen LogP contribution in [0.15, 0.2) is 6.20 Å². The molecule has 0 saturated carbocycles.